The summed E-state index contributed by atoms with van der Waals surface area (Å²) in [5.41, 5.74) is -5.57. The quantitative estimate of drug-likeness (QED) is 0.754. The van der Waals surface area contributed by atoms with E-state index in [0.29, 0.717) is 0 Å². The molecule has 14 heavy (non-hydrogen) atoms. The molecule has 0 heterocycles. The number of halogens is 3. The van der Waals surface area contributed by atoms with E-state index in [2.05, 4.69) is 9.05 Å². The molecule has 0 unspecified atom stereocenters. The lowest BCUT2D eigenvalue weighted by Gasteiger charge is -2.15. The molecule has 0 aliphatic carbocycles. The van der Waals surface area contributed by atoms with Crippen LogP contribution in [0.5, 0.6) is 0 Å². The van der Waals surface area contributed by atoms with Crippen LogP contribution in [0.1, 0.15) is 0 Å². The van der Waals surface area contributed by atoms with Crippen LogP contribution in [0.3, 0.4) is 0 Å². The molecule has 0 rings (SSSR count). The summed E-state index contributed by atoms with van der Waals surface area (Å²) in [5.74, 6) is 0. The first-order valence-corrected chi connectivity index (χ1v) is 5.92. The van der Waals surface area contributed by atoms with Crippen LogP contribution in [0.25, 0.3) is 0 Å². The summed E-state index contributed by atoms with van der Waals surface area (Å²) in [4.78, 5) is 0. The minimum Gasteiger partial charge on any atom is -0.299 e. The van der Waals surface area contributed by atoms with E-state index in [0.717, 1.165) is 18.7 Å². The number of hydrogen-bond donors (Lipinski definition) is 1. The second-order valence-electron chi connectivity index (χ2n) is 1.90. The Morgan fingerprint density at radius 3 is 1.79 bits per heavy atom. The summed E-state index contributed by atoms with van der Waals surface area (Å²) in [6.07, 6.45) is 0. The van der Waals surface area contributed by atoms with E-state index in [1.165, 1.54) is 0 Å². The van der Waals surface area contributed by atoms with Crippen molar-refractivity contribution in [2.24, 2.45) is 0 Å². The third-order valence-corrected chi connectivity index (χ3v) is 4.44. The first-order valence-electron chi connectivity index (χ1n) is 2.90. The lowest BCUT2D eigenvalue weighted by molar-refractivity contribution is -0.0443. The van der Waals surface area contributed by atoms with Gasteiger partial charge in [-0.2, -0.15) is 13.2 Å². The zero-order valence-corrected chi connectivity index (χ0v) is 8.74. The molecule has 0 aromatic rings. The first-order chi connectivity index (χ1) is 6.08. The maximum absolute atomic E-state index is 11.8. The molecule has 0 saturated heterocycles. The fourth-order valence-corrected chi connectivity index (χ4v) is 2.68. The minimum absolute atomic E-state index is 0.739. The Bertz CT molecular complexity index is 329. The molecule has 6 nitrogen and oxygen atoms in total. The standard InChI is InChI=1S/C3H7F3NO5PS/c1-11-13(8,12-2)7-14(9,10)3(4,5)6/h1-2H3,(H,7,8). The van der Waals surface area contributed by atoms with Crippen molar-refractivity contribution >= 4 is 17.8 Å². The van der Waals surface area contributed by atoms with Crippen LogP contribution in [0.2, 0.25) is 0 Å². The van der Waals surface area contributed by atoms with Crippen LogP contribution >= 0.6 is 7.75 Å². The van der Waals surface area contributed by atoms with Gasteiger partial charge in [0.25, 0.3) is 0 Å². The van der Waals surface area contributed by atoms with Crippen molar-refractivity contribution in [2.45, 2.75) is 5.51 Å². The average Bonchev–Trinajstić information content (AvgIpc) is 2.01. The van der Waals surface area contributed by atoms with Gasteiger partial charge in [0.2, 0.25) is 0 Å². The van der Waals surface area contributed by atoms with Gasteiger partial charge in [-0.05, 0) is 0 Å². The summed E-state index contributed by atoms with van der Waals surface area (Å²) in [7, 11) is -8.72. The van der Waals surface area contributed by atoms with Crippen LogP contribution in [-0.4, -0.2) is 28.1 Å². The summed E-state index contributed by atoms with van der Waals surface area (Å²) >= 11 is 0. The largest absolute Gasteiger partial charge is 0.511 e. The summed E-state index contributed by atoms with van der Waals surface area (Å²) in [5, 5.41) is 0. The zero-order valence-electron chi connectivity index (χ0n) is 7.03. The Morgan fingerprint density at radius 1 is 1.21 bits per heavy atom. The SMILES string of the molecule is COP(=O)(NS(=O)(=O)C(F)(F)F)OC. The van der Waals surface area contributed by atoms with Crippen molar-refractivity contribution in [1.82, 2.24) is 4.49 Å². The third kappa shape index (κ3) is 3.21. The molecule has 0 aromatic carbocycles. The van der Waals surface area contributed by atoms with Crippen LogP contribution in [0.15, 0.2) is 0 Å². The Morgan fingerprint density at radius 2 is 1.57 bits per heavy atom. The van der Waals surface area contributed by atoms with Crippen molar-refractivity contribution < 1.29 is 35.2 Å². The van der Waals surface area contributed by atoms with Gasteiger partial charge in [-0.1, -0.05) is 0 Å². The smallest absolute Gasteiger partial charge is 0.299 e. The molecule has 0 fully saturated rings. The lowest BCUT2D eigenvalue weighted by atomic mass is 11.6. The van der Waals surface area contributed by atoms with Gasteiger partial charge in [-0.25, -0.2) is 13.0 Å². The van der Waals surface area contributed by atoms with Crippen molar-refractivity contribution in [3.63, 3.8) is 0 Å². The molecule has 0 radical (unpaired) electrons. The zero-order chi connectivity index (χ0) is 11.6. The average molecular weight is 257 g/mol. The summed E-state index contributed by atoms with van der Waals surface area (Å²) < 4.78 is 75.8. The summed E-state index contributed by atoms with van der Waals surface area (Å²) in [6.45, 7) is 0. The van der Waals surface area contributed by atoms with Crippen molar-refractivity contribution in [3.05, 3.63) is 0 Å². The predicted octanol–water partition coefficient (Wildman–Crippen LogP) is 0.827. The lowest BCUT2D eigenvalue weighted by Crippen LogP contribution is -2.35. The van der Waals surface area contributed by atoms with Crippen LogP contribution in [-0.2, 0) is 23.6 Å². The molecule has 86 valence electrons. The first kappa shape index (κ1) is 13.8. The van der Waals surface area contributed by atoms with Crippen molar-refractivity contribution in [2.75, 3.05) is 14.2 Å². The van der Waals surface area contributed by atoms with E-state index in [9.17, 15) is 26.2 Å². The Labute approximate surface area is 78.0 Å². The van der Waals surface area contributed by atoms with E-state index in [1.54, 1.807) is 0 Å². The fraction of sp³-hybridized carbons (Fsp3) is 1.00. The molecular weight excluding hydrogens is 250 g/mol. The molecule has 0 aliphatic heterocycles. The Hall–Kier alpha value is -0.150. The highest BCUT2D eigenvalue weighted by molar-refractivity contribution is 7.95. The van der Waals surface area contributed by atoms with E-state index in [1.807, 2.05) is 0 Å². The number of hydrogen-bond acceptors (Lipinski definition) is 5. The predicted molar refractivity (Wildman–Crippen MR) is 39.7 cm³/mol. The molecule has 0 aromatic heterocycles. The van der Waals surface area contributed by atoms with Gasteiger partial charge in [-0.3, -0.25) is 9.05 Å². The van der Waals surface area contributed by atoms with Gasteiger partial charge in [0, 0.05) is 14.2 Å². The molecule has 0 bridgehead atoms. The maximum Gasteiger partial charge on any atom is 0.511 e. The minimum atomic E-state index is -5.74. The Balaban J connectivity index is 4.95. The van der Waals surface area contributed by atoms with Gasteiger partial charge >= 0.3 is 23.3 Å². The van der Waals surface area contributed by atoms with Crippen LogP contribution in [0.4, 0.5) is 13.2 Å². The van der Waals surface area contributed by atoms with Crippen molar-refractivity contribution in [3.8, 4) is 0 Å². The van der Waals surface area contributed by atoms with Crippen LogP contribution in [0, 0.1) is 0 Å². The second kappa shape index (κ2) is 4.15. The fourth-order valence-electron chi connectivity index (χ4n) is 0.348. The highest BCUT2D eigenvalue weighted by atomic mass is 32.2. The molecule has 0 saturated carbocycles. The molecule has 11 heteroatoms. The van der Waals surface area contributed by atoms with Crippen LogP contribution < -0.4 is 4.49 Å². The van der Waals surface area contributed by atoms with E-state index < -0.39 is 23.3 Å². The topological polar surface area (TPSA) is 81.7 Å². The van der Waals surface area contributed by atoms with E-state index >= 15 is 0 Å². The van der Waals surface area contributed by atoms with E-state index in [4.69, 9.17) is 0 Å². The molecule has 0 aliphatic rings. The highest BCUT2D eigenvalue weighted by Crippen LogP contribution is 2.44. The number of sulfonamides is 1. The molecule has 0 spiro atoms. The number of alkyl halides is 3. The van der Waals surface area contributed by atoms with Crippen molar-refractivity contribution in [1.29, 1.82) is 0 Å². The van der Waals surface area contributed by atoms with Gasteiger partial charge < -0.3 is 0 Å². The third-order valence-electron chi connectivity index (χ3n) is 1.02. The second-order valence-corrected chi connectivity index (χ2v) is 5.83. The Kier molecular flexibility index (Phi) is 4.11. The van der Waals surface area contributed by atoms with Gasteiger partial charge in [0.05, 0.1) is 0 Å². The van der Waals surface area contributed by atoms with Gasteiger partial charge in [0.1, 0.15) is 0 Å². The number of rotatable bonds is 4. The molecule has 0 amide bonds. The van der Waals surface area contributed by atoms with Gasteiger partial charge in [-0.15, -0.1) is 4.49 Å². The molecule has 1 N–H and O–H groups in total. The monoisotopic (exact) mass is 257 g/mol. The molecule has 0 atom stereocenters. The number of nitrogens with one attached hydrogen (secondary N) is 1. The normalized spacial score (nSPS) is 14.4. The highest BCUT2D eigenvalue weighted by Gasteiger charge is 2.49. The molecular formula is C3H7F3NO5PS. The van der Waals surface area contributed by atoms with E-state index in [-0.39, 0.29) is 0 Å². The maximum atomic E-state index is 11.8. The summed E-state index contributed by atoms with van der Waals surface area (Å²) in [6, 6.07) is 0. The van der Waals surface area contributed by atoms with Gasteiger partial charge in [0.15, 0.2) is 0 Å².